The van der Waals surface area contributed by atoms with E-state index in [2.05, 4.69) is 5.10 Å². The van der Waals surface area contributed by atoms with Crippen LogP contribution in [0.15, 0.2) is 76.6 Å². The normalized spacial score (nSPS) is 14.3. The summed E-state index contributed by atoms with van der Waals surface area (Å²) in [5.74, 6) is 0.417. The van der Waals surface area contributed by atoms with Crippen LogP contribution < -0.4 is 10.3 Å². The summed E-state index contributed by atoms with van der Waals surface area (Å²) in [6.45, 7) is 0.229. The number of carbonyl (C=O) groups is 1. The van der Waals surface area contributed by atoms with E-state index in [-0.39, 0.29) is 23.6 Å². The Morgan fingerprint density at radius 2 is 1.84 bits per heavy atom. The summed E-state index contributed by atoms with van der Waals surface area (Å²) >= 11 is 6.27. The van der Waals surface area contributed by atoms with Crippen molar-refractivity contribution in [3.63, 3.8) is 0 Å². The Morgan fingerprint density at radius 1 is 1.08 bits per heavy atom. The van der Waals surface area contributed by atoms with E-state index < -0.39 is 5.97 Å². The van der Waals surface area contributed by atoms with Gasteiger partial charge < -0.3 is 9.84 Å². The van der Waals surface area contributed by atoms with Crippen molar-refractivity contribution < 1.29 is 14.6 Å². The largest absolute Gasteiger partial charge is 0.488 e. The van der Waals surface area contributed by atoms with E-state index in [9.17, 15) is 9.59 Å². The van der Waals surface area contributed by atoms with Crippen molar-refractivity contribution in [2.45, 2.75) is 44.6 Å². The summed E-state index contributed by atoms with van der Waals surface area (Å²) in [6.07, 6.45) is 6.95. The van der Waals surface area contributed by atoms with Gasteiger partial charge in [0.2, 0.25) is 0 Å². The highest BCUT2D eigenvalue weighted by Crippen LogP contribution is 2.32. The molecule has 0 aliphatic heterocycles. The van der Waals surface area contributed by atoms with Crippen molar-refractivity contribution >= 4 is 34.7 Å². The van der Waals surface area contributed by atoms with Crippen LogP contribution >= 0.6 is 11.6 Å². The van der Waals surface area contributed by atoms with Gasteiger partial charge in [0, 0.05) is 16.5 Å². The molecule has 5 rings (SSSR count). The van der Waals surface area contributed by atoms with Crippen LogP contribution in [0.4, 0.5) is 0 Å². The van der Waals surface area contributed by atoms with E-state index in [4.69, 9.17) is 26.4 Å². The highest BCUT2D eigenvalue weighted by molar-refractivity contribution is 6.30. The summed E-state index contributed by atoms with van der Waals surface area (Å²) < 4.78 is 7.44. The van der Waals surface area contributed by atoms with Gasteiger partial charge in [-0.1, -0.05) is 55.1 Å². The first-order valence-electron chi connectivity index (χ1n) is 12.3. The second kappa shape index (κ2) is 11.0. The molecule has 0 atom stereocenters. The molecule has 7 nitrogen and oxygen atoms in total. The van der Waals surface area contributed by atoms with Crippen molar-refractivity contribution in [1.82, 2.24) is 9.66 Å². The quantitative estimate of drug-likeness (QED) is 0.293. The molecule has 8 heteroatoms. The Balaban J connectivity index is 1.48. The molecule has 0 spiro atoms. The third-order valence-electron chi connectivity index (χ3n) is 6.63. The fourth-order valence-corrected chi connectivity index (χ4v) is 4.83. The Hall–Kier alpha value is -3.97. The molecule has 1 fully saturated rings. The van der Waals surface area contributed by atoms with Gasteiger partial charge in [0.1, 0.15) is 18.2 Å². The van der Waals surface area contributed by atoms with Crippen molar-refractivity contribution in [3.8, 4) is 5.75 Å². The average molecular weight is 516 g/mol. The first-order valence-corrected chi connectivity index (χ1v) is 12.7. The molecule has 1 aliphatic carbocycles. The molecular weight excluding hydrogens is 490 g/mol. The number of rotatable bonds is 7. The Kier molecular flexibility index (Phi) is 7.32. The number of fused-ring (bicyclic) bond motifs is 1. The van der Waals surface area contributed by atoms with Crippen LogP contribution in [0.1, 0.15) is 65.3 Å². The zero-order valence-electron chi connectivity index (χ0n) is 20.1. The van der Waals surface area contributed by atoms with Crippen LogP contribution in [0.25, 0.3) is 10.9 Å². The zero-order valence-corrected chi connectivity index (χ0v) is 20.9. The molecule has 1 heterocycles. The highest BCUT2D eigenvalue weighted by atomic mass is 35.5. The number of carboxylic acids is 1. The molecule has 4 aromatic rings. The van der Waals surface area contributed by atoms with Gasteiger partial charge in [-0.15, -0.1) is 0 Å². The maximum Gasteiger partial charge on any atom is 0.335 e. The number of halogens is 1. The predicted molar refractivity (Wildman–Crippen MR) is 144 cm³/mol. The minimum atomic E-state index is -0.977. The van der Waals surface area contributed by atoms with E-state index in [1.807, 2.05) is 18.2 Å². The SMILES string of the molecule is O=C(O)c1ccc(COc2ccc(Cl)cc2C=Nn2c(C3CCCCC3)nc3ccccc3c2=O)cc1. The van der Waals surface area contributed by atoms with Crippen LogP contribution in [-0.2, 0) is 6.61 Å². The van der Waals surface area contributed by atoms with Crippen LogP contribution in [0, 0.1) is 0 Å². The lowest BCUT2D eigenvalue weighted by molar-refractivity contribution is 0.0697. The summed E-state index contributed by atoms with van der Waals surface area (Å²) in [4.78, 5) is 29.4. The molecular formula is C29H26ClN3O4. The van der Waals surface area contributed by atoms with Crippen molar-refractivity contribution in [2.75, 3.05) is 0 Å². The second-order valence-electron chi connectivity index (χ2n) is 9.16. The monoisotopic (exact) mass is 515 g/mol. The number of aromatic carboxylic acids is 1. The summed E-state index contributed by atoms with van der Waals surface area (Å²) in [7, 11) is 0. The lowest BCUT2D eigenvalue weighted by Crippen LogP contribution is -2.25. The van der Waals surface area contributed by atoms with Gasteiger partial charge in [-0.05, 0) is 60.9 Å². The molecule has 0 amide bonds. The van der Waals surface area contributed by atoms with E-state index >= 15 is 0 Å². The summed E-state index contributed by atoms with van der Waals surface area (Å²) in [6, 6.07) is 19.0. The lowest BCUT2D eigenvalue weighted by Gasteiger charge is -2.22. The van der Waals surface area contributed by atoms with Crippen molar-refractivity contribution in [1.29, 1.82) is 0 Å². The standard InChI is InChI=1S/C29H26ClN3O4/c30-23-14-15-26(37-18-19-10-12-21(13-11-19)29(35)36)22(16-23)17-31-33-27(20-6-2-1-3-7-20)32-25-9-5-4-8-24(25)28(33)34/h4-5,8-17,20H,1-3,6-7,18H2,(H,35,36). The molecule has 0 saturated heterocycles. The first kappa shape index (κ1) is 24.7. The Bertz CT molecular complexity index is 1520. The second-order valence-corrected chi connectivity index (χ2v) is 9.59. The van der Waals surface area contributed by atoms with Gasteiger partial charge in [0.25, 0.3) is 5.56 Å². The minimum absolute atomic E-state index is 0.173. The number of aromatic nitrogens is 2. The third-order valence-corrected chi connectivity index (χ3v) is 6.86. The Morgan fingerprint density at radius 3 is 2.59 bits per heavy atom. The Labute approximate surface area is 219 Å². The molecule has 1 N–H and O–H groups in total. The van der Waals surface area contributed by atoms with Crippen LogP contribution in [-0.4, -0.2) is 27.0 Å². The molecule has 37 heavy (non-hydrogen) atoms. The van der Waals surface area contributed by atoms with Crippen LogP contribution in [0.5, 0.6) is 5.75 Å². The highest BCUT2D eigenvalue weighted by Gasteiger charge is 2.22. The topological polar surface area (TPSA) is 93.8 Å². The number of carboxylic acid groups (broad SMARTS) is 1. The van der Waals surface area contributed by atoms with E-state index in [0.29, 0.717) is 33.1 Å². The van der Waals surface area contributed by atoms with Crippen molar-refractivity contribution in [2.24, 2.45) is 5.10 Å². The third kappa shape index (κ3) is 5.57. The van der Waals surface area contributed by atoms with Crippen LogP contribution in [0.3, 0.4) is 0 Å². The van der Waals surface area contributed by atoms with Gasteiger partial charge in [0.05, 0.1) is 22.7 Å². The van der Waals surface area contributed by atoms with E-state index in [1.54, 1.807) is 42.6 Å². The molecule has 188 valence electrons. The first-order chi connectivity index (χ1) is 18.0. The molecule has 0 bridgehead atoms. The maximum atomic E-state index is 13.5. The smallest absolute Gasteiger partial charge is 0.335 e. The molecule has 0 unspecified atom stereocenters. The van der Waals surface area contributed by atoms with Crippen molar-refractivity contribution in [3.05, 3.63) is 105 Å². The number of hydrogen-bond donors (Lipinski definition) is 1. The van der Waals surface area contributed by atoms with E-state index in [0.717, 1.165) is 31.2 Å². The predicted octanol–water partition coefficient (Wildman–Crippen LogP) is 6.26. The number of benzene rings is 3. The lowest BCUT2D eigenvalue weighted by atomic mass is 9.88. The summed E-state index contributed by atoms with van der Waals surface area (Å²) in [5, 5.41) is 14.7. The van der Waals surface area contributed by atoms with Gasteiger partial charge in [-0.3, -0.25) is 4.79 Å². The number of para-hydroxylation sites is 1. The molecule has 1 aliphatic rings. The molecule has 1 aromatic heterocycles. The van der Waals surface area contributed by atoms with Gasteiger partial charge in [-0.2, -0.15) is 9.78 Å². The molecule has 1 saturated carbocycles. The summed E-state index contributed by atoms with van der Waals surface area (Å²) in [5.41, 5.74) is 2.12. The maximum absolute atomic E-state index is 13.5. The number of hydrogen-bond acceptors (Lipinski definition) is 5. The van der Waals surface area contributed by atoms with E-state index in [1.165, 1.54) is 23.2 Å². The fraction of sp³-hybridized carbons (Fsp3) is 0.241. The minimum Gasteiger partial charge on any atom is -0.488 e. The zero-order chi connectivity index (χ0) is 25.8. The van der Waals surface area contributed by atoms with Gasteiger partial charge >= 0.3 is 5.97 Å². The van der Waals surface area contributed by atoms with Crippen LogP contribution in [0.2, 0.25) is 5.02 Å². The molecule has 0 radical (unpaired) electrons. The number of ether oxygens (including phenoxy) is 1. The number of nitrogens with zero attached hydrogens (tertiary/aromatic N) is 3. The van der Waals surface area contributed by atoms with Gasteiger partial charge in [0.15, 0.2) is 0 Å². The molecule has 3 aromatic carbocycles. The average Bonchev–Trinajstić information content (AvgIpc) is 2.92. The fourth-order valence-electron chi connectivity index (χ4n) is 4.65. The van der Waals surface area contributed by atoms with Gasteiger partial charge in [-0.25, -0.2) is 9.78 Å².